The van der Waals surface area contributed by atoms with Gasteiger partial charge in [0.05, 0.1) is 4.47 Å². The summed E-state index contributed by atoms with van der Waals surface area (Å²) in [4.78, 5) is 0. The summed E-state index contributed by atoms with van der Waals surface area (Å²) in [5, 5.41) is 3.26. The summed E-state index contributed by atoms with van der Waals surface area (Å²) in [5.74, 6) is 0.753. The molecule has 6 heteroatoms. The molecule has 0 saturated carbocycles. The smallest absolute Gasteiger partial charge is 0.422 e. The molecule has 0 saturated heterocycles. The Morgan fingerprint density at radius 3 is 2.53 bits per heavy atom. The van der Waals surface area contributed by atoms with Gasteiger partial charge < -0.3 is 10.1 Å². The summed E-state index contributed by atoms with van der Waals surface area (Å²) >= 11 is 3.22. The minimum absolute atomic E-state index is 0.199. The fraction of sp³-hybridized carbons (Fsp3) is 0.538. The van der Waals surface area contributed by atoms with E-state index in [0.717, 1.165) is 12.1 Å². The van der Waals surface area contributed by atoms with Crippen LogP contribution < -0.4 is 10.1 Å². The Morgan fingerprint density at radius 2 is 2.00 bits per heavy atom. The van der Waals surface area contributed by atoms with Gasteiger partial charge in [-0.15, -0.1) is 0 Å². The zero-order valence-electron chi connectivity index (χ0n) is 10.9. The van der Waals surface area contributed by atoms with E-state index in [9.17, 15) is 13.2 Å². The van der Waals surface area contributed by atoms with E-state index in [2.05, 4.69) is 35.1 Å². The first-order valence-corrected chi connectivity index (χ1v) is 6.76. The molecule has 1 rings (SSSR count). The molecule has 0 aliphatic heterocycles. The highest BCUT2D eigenvalue weighted by atomic mass is 79.9. The Hall–Kier alpha value is -0.750. The minimum Gasteiger partial charge on any atom is -0.483 e. The average Bonchev–Trinajstić information content (AvgIpc) is 2.26. The highest BCUT2D eigenvalue weighted by Crippen LogP contribution is 2.27. The van der Waals surface area contributed by atoms with Crippen LogP contribution in [0.1, 0.15) is 19.4 Å². The molecule has 0 bridgehead atoms. The van der Waals surface area contributed by atoms with Gasteiger partial charge in [-0.2, -0.15) is 13.2 Å². The predicted octanol–water partition coefficient (Wildman–Crippen LogP) is 4.14. The van der Waals surface area contributed by atoms with Gasteiger partial charge in [0.1, 0.15) is 5.75 Å². The first kappa shape index (κ1) is 16.3. The normalized spacial score (nSPS) is 11.9. The molecule has 1 aromatic carbocycles. The van der Waals surface area contributed by atoms with Gasteiger partial charge in [-0.1, -0.05) is 19.9 Å². The molecule has 1 N–H and O–H groups in total. The van der Waals surface area contributed by atoms with Crippen LogP contribution in [0, 0.1) is 5.92 Å². The van der Waals surface area contributed by atoms with Gasteiger partial charge in [-0.25, -0.2) is 0 Å². The van der Waals surface area contributed by atoms with Crippen LogP contribution in [0.5, 0.6) is 5.75 Å². The Kier molecular flexibility index (Phi) is 6.13. The van der Waals surface area contributed by atoms with Crippen molar-refractivity contribution < 1.29 is 17.9 Å². The Labute approximate surface area is 119 Å². The molecular weight excluding hydrogens is 323 g/mol. The Morgan fingerprint density at radius 1 is 1.32 bits per heavy atom. The first-order valence-electron chi connectivity index (χ1n) is 5.96. The zero-order valence-corrected chi connectivity index (χ0v) is 12.4. The molecule has 0 heterocycles. The second-order valence-corrected chi connectivity index (χ2v) is 5.55. The third kappa shape index (κ3) is 6.82. The van der Waals surface area contributed by atoms with Gasteiger partial charge in [0, 0.05) is 6.54 Å². The number of nitrogens with one attached hydrogen (secondary N) is 1. The average molecular weight is 340 g/mol. The number of benzene rings is 1. The maximum absolute atomic E-state index is 12.0. The third-order valence-electron chi connectivity index (χ3n) is 2.27. The van der Waals surface area contributed by atoms with E-state index in [1.165, 1.54) is 0 Å². The van der Waals surface area contributed by atoms with E-state index >= 15 is 0 Å². The molecule has 0 aromatic heterocycles. The van der Waals surface area contributed by atoms with Crippen molar-refractivity contribution in [1.82, 2.24) is 5.32 Å². The lowest BCUT2D eigenvalue weighted by Crippen LogP contribution is -2.20. The van der Waals surface area contributed by atoms with E-state index in [-0.39, 0.29) is 5.75 Å². The molecule has 0 unspecified atom stereocenters. The van der Waals surface area contributed by atoms with Crippen LogP contribution in [0.4, 0.5) is 13.2 Å². The molecule has 2 nitrogen and oxygen atoms in total. The van der Waals surface area contributed by atoms with Crippen molar-refractivity contribution in [2.24, 2.45) is 5.92 Å². The molecule has 108 valence electrons. The highest BCUT2D eigenvalue weighted by molar-refractivity contribution is 9.10. The topological polar surface area (TPSA) is 21.3 Å². The molecule has 19 heavy (non-hydrogen) atoms. The lowest BCUT2D eigenvalue weighted by Gasteiger charge is -2.12. The number of hydrogen-bond acceptors (Lipinski definition) is 2. The first-order chi connectivity index (χ1) is 8.78. The van der Waals surface area contributed by atoms with Crippen molar-refractivity contribution >= 4 is 15.9 Å². The van der Waals surface area contributed by atoms with Gasteiger partial charge in [0.2, 0.25) is 0 Å². The number of halogens is 4. The molecule has 0 amide bonds. The molecule has 0 atom stereocenters. The van der Waals surface area contributed by atoms with Crippen LogP contribution >= 0.6 is 15.9 Å². The van der Waals surface area contributed by atoms with E-state index < -0.39 is 12.8 Å². The molecular formula is C13H17BrF3NO. The summed E-state index contributed by atoms with van der Waals surface area (Å²) < 4.78 is 41.4. The zero-order chi connectivity index (χ0) is 14.5. The van der Waals surface area contributed by atoms with Crippen molar-refractivity contribution in [3.05, 3.63) is 28.2 Å². The van der Waals surface area contributed by atoms with E-state index in [0.29, 0.717) is 16.9 Å². The lowest BCUT2D eigenvalue weighted by atomic mass is 10.2. The molecule has 0 spiro atoms. The number of alkyl halides is 3. The lowest BCUT2D eigenvalue weighted by molar-refractivity contribution is -0.153. The maximum atomic E-state index is 12.0. The SMILES string of the molecule is CC(C)CNCc1ccc(OCC(F)(F)F)c(Br)c1. The summed E-state index contributed by atoms with van der Waals surface area (Å²) in [6.45, 7) is 4.50. The maximum Gasteiger partial charge on any atom is 0.422 e. The highest BCUT2D eigenvalue weighted by Gasteiger charge is 2.28. The van der Waals surface area contributed by atoms with Crippen LogP contribution in [-0.2, 0) is 6.54 Å². The molecule has 0 radical (unpaired) electrons. The number of rotatable bonds is 6. The molecule has 0 aliphatic rings. The van der Waals surface area contributed by atoms with Crippen LogP contribution in [0.15, 0.2) is 22.7 Å². The van der Waals surface area contributed by atoms with Crippen molar-refractivity contribution in [1.29, 1.82) is 0 Å². The monoisotopic (exact) mass is 339 g/mol. The largest absolute Gasteiger partial charge is 0.483 e. The second kappa shape index (κ2) is 7.14. The summed E-state index contributed by atoms with van der Waals surface area (Å²) in [6, 6.07) is 5.06. The second-order valence-electron chi connectivity index (χ2n) is 4.69. The standard InChI is InChI=1S/C13H17BrF3NO/c1-9(2)6-18-7-10-3-4-12(11(14)5-10)19-8-13(15,16)17/h3-5,9,18H,6-8H2,1-2H3. The van der Waals surface area contributed by atoms with Gasteiger partial charge in [-0.3, -0.25) is 0 Å². The third-order valence-corrected chi connectivity index (χ3v) is 2.89. The van der Waals surface area contributed by atoms with Crippen molar-refractivity contribution in [3.63, 3.8) is 0 Å². The number of hydrogen-bond donors (Lipinski definition) is 1. The fourth-order valence-electron chi connectivity index (χ4n) is 1.44. The van der Waals surface area contributed by atoms with Crippen LogP contribution in [0.25, 0.3) is 0 Å². The quantitative estimate of drug-likeness (QED) is 0.841. The Balaban J connectivity index is 2.54. The number of ether oxygens (including phenoxy) is 1. The summed E-state index contributed by atoms with van der Waals surface area (Å²) in [5.41, 5.74) is 0.992. The van der Waals surface area contributed by atoms with Gasteiger partial charge in [-0.05, 0) is 46.1 Å². The van der Waals surface area contributed by atoms with Crippen molar-refractivity contribution in [2.75, 3.05) is 13.2 Å². The summed E-state index contributed by atoms with van der Waals surface area (Å²) in [6.07, 6.45) is -4.32. The summed E-state index contributed by atoms with van der Waals surface area (Å²) in [7, 11) is 0. The van der Waals surface area contributed by atoms with Gasteiger partial charge in [0.25, 0.3) is 0 Å². The van der Waals surface area contributed by atoms with E-state index in [1.807, 2.05) is 0 Å². The van der Waals surface area contributed by atoms with Gasteiger partial charge >= 0.3 is 6.18 Å². The fourth-order valence-corrected chi connectivity index (χ4v) is 1.98. The minimum atomic E-state index is -4.32. The predicted molar refractivity (Wildman–Crippen MR) is 72.2 cm³/mol. The van der Waals surface area contributed by atoms with E-state index in [1.54, 1.807) is 18.2 Å². The molecule has 0 fully saturated rings. The van der Waals surface area contributed by atoms with Crippen molar-refractivity contribution in [3.8, 4) is 5.75 Å². The van der Waals surface area contributed by atoms with Gasteiger partial charge in [0.15, 0.2) is 6.61 Å². The Bertz CT molecular complexity index is 407. The van der Waals surface area contributed by atoms with Crippen molar-refractivity contribution in [2.45, 2.75) is 26.6 Å². The molecule has 1 aromatic rings. The van der Waals surface area contributed by atoms with Crippen LogP contribution in [0.3, 0.4) is 0 Å². The van der Waals surface area contributed by atoms with E-state index in [4.69, 9.17) is 4.74 Å². The van der Waals surface area contributed by atoms with Crippen LogP contribution in [0.2, 0.25) is 0 Å². The molecule has 0 aliphatic carbocycles. The van der Waals surface area contributed by atoms with Crippen LogP contribution in [-0.4, -0.2) is 19.3 Å².